The molecular weight excluding hydrogens is 420 g/mol. The van der Waals surface area contributed by atoms with Crippen LogP contribution in [-0.2, 0) is 9.53 Å². The lowest BCUT2D eigenvalue weighted by molar-refractivity contribution is -0.385. The number of hydrazine groups is 1. The van der Waals surface area contributed by atoms with Gasteiger partial charge in [0.05, 0.1) is 17.6 Å². The average Bonchev–Trinajstić information content (AvgIpc) is 2.81. The maximum atomic E-state index is 12.2. The number of nitrogens with one attached hydrogen (secondary N) is 2. The molecule has 0 unspecified atom stereocenters. The van der Waals surface area contributed by atoms with Crippen LogP contribution in [0.15, 0.2) is 42.5 Å². The van der Waals surface area contributed by atoms with Crippen LogP contribution in [0.25, 0.3) is 0 Å². The van der Waals surface area contributed by atoms with Gasteiger partial charge in [0, 0.05) is 30.4 Å². The van der Waals surface area contributed by atoms with E-state index in [0.717, 1.165) is 24.8 Å². The van der Waals surface area contributed by atoms with Crippen LogP contribution in [0.3, 0.4) is 0 Å². The van der Waals surface area contributed by atoms with E-state index in [9.17, 15) is 24.5 Å². The molecule has 0 saturated heterocycles. The summed E-state index contributed by atoms with van der Waals surface area (Å²) in [5.41, 5.74) is 5.15. The van der Waals surface area contributed by atoms with E-state index in [2.05, 4.69) is 15.8 Å². The molecule has 2 aromatic rings. The van der Waals surface area contributed by atoms with E-state index in [1.54, 1.807) is 24.3 Å². The SMILES string of the molecule is CCN(CC)c1ccc(C(=O)NNC(=O)COC(=O)c2ccc(OC)c([N+](=O)[O-])c2)cc1. The fourth-order valence-corrected chi connectivity index (χ4v) is 2.82. The number of carbonyl (C=O) groups is 3. The van der Waals surface area contributed by atoms with E-state index >= 15 is 0 Å². The maximum absolute atomic E-state index is 12.2. The molecule has 32 heavy (non-hydrogen) atoms. The predicted molar refractivity (Wildman–Crippen MR) is 116 cm³/mol. The minimum absolute atomic E-state index is 0.0165. The van der Waals surface area contributed by atoms with Gasteiger partial charge in [-0.15, -0.1) is 0 Å². The third kappa shape index (κ3) is 6.17. The van der Waals surface area contributed by atoms with E-state index < -0.39 is 35.0 Å². The molecule has 0 radical (unpaired) electrons. The Kier molecular flexibility index (Phi) is 8.52. The fourth-order valence-electron chi connectivity index (χ4n) is 2.82. The second-order valence-corrected chi connectivity index (χ2v) is 6.44. The molecule has 0 aliphatic carbocycles. The molecule has 2 N–H and O–H groups in total. The van der Waals surface area contributed by atoms with Gasteiger partial charge in [0.1, 0.15) is 0 Å². The Bertz CT molecular complexity index is 988. The minimum Gasteiger partial charge on any atom is -0.490 e. The Hall–Kier alpha value is -4.15. The molecule has 0 heterocycles. The van der Waals surface area contributed by atoms with Crippen molar-refractivity contribution in [2.24, 2.45) is 0 Å². The van der Waals surface area contributed by atoms with Gasteiger partial charge >= 0.3 is 11.7 Å². The molecule has 2 aromatic carbocycles. The summed E-state index contributed by atoms with van der Waals surface area (Å²) in [4.78, 5) is 48.6. The minimum atomic E-state index is -0.941. The van der Waals surface area contributed by atoms with Gasteiger partial charge in [-0.1, -0.05) is 0 Å². The normalized spacial score (nSPS) is 10.1. The quantitative estimate of drug-likeness (QED) is 0.340. The topological polar surface area (TPSA) is 140 Å². The van der Waals surface area contributed by atoms with Crippen molar-refractivity contribution in [2.75, 3.05) is 31.7 Å². The molecule has 0 aliphatic rings. The second-order valence-electron chi connectivity index (χ2n) is 6.44. The molecule has 11 nitrogen and oxygen atoms in total. The smallest absolute Gasteiger partial charge is 0.338 e. The molecule has 0 aliphatic heterocycles. The highest BCUT2D eigenvalue weighted by atomic mass is 16.6. The first kappa shape index (κ1) is 24.1. The van der Waals surface area contributed by atoms with Crippen molar-refractivity contribution < 1.29 is 28.8 Å². The number of benzene rings is 2. The number of nitrogens with zero attached hydrogens (tertiary/aromatic N) is 2. The maximum Gasteiger partial charge on any atom is 0.338 e. The molecule has 170 valence electrons. The molecule has 0 aromatic heterocycles. The first-order valence-corrected chi connectivity index (χ1v) is 9.74. The number of nitro benzene ring substituents is 1. The first-order valence-electron chi connectivity index (χ1n) is 9.74. The molecule has 0 atom stereocenters. The first-order chi connectivity index (χ1) is 15.3. The monoisotopic (exact) mass is 444 g/mol. The van der Waals surface area contributed by atoms with Crippen molar-refractivity contribution in [3.05, 3.63) is 63.7 Å². The summed E-state index contributed by atoms with van der Waals surface area (Å²) < 4.78 is 9.69. The zero-order valence-electron chi connectivity index (χ0n) is 17.9. The standard InChI is InChI=1S/C21H24N4O7/c1-4-24(5-2)16-9-6-14(7-10-16)20(27)23-22-19(26)13-32-21(28)15-8-11-18(31-3)17(12-15)25(29)30/h6-12H,4-5,13H2,1-3H3,(H,22,26)(H,23,27). The van der Waals surface area contributed by atoms with Crippen LogP contribution in [0.1, 0.15) is 34.6 Å². The Morgan fingerprint density at radius 3 is 2.19 bits per heavy atom. The average molecular weight is 444 g/mol. The largest absolute Gasteiger partial charge is 0.490 e. The van der Waals surface area contributed by atoms with Crippen molar-refractivity contribution in [3.63, 3.8) is 0 Å². The van der Waals surface area contributed by atoms with Gasteiger partial charge in [-0.05, 0) is 50.2 Å². The van der Waals surface area contributed by atoms with Crippen LogP contribution in [0.2, 0.25) is 0 Å². The molecule has 0 saturated carbocycles. The zero-order chi connectivity index (χ0) is 23.7. The van der Waals surface area contributed by atoms with Crippen molar-refractivity contribution in [2.45, 2.75) is 13.8 Å². The van der Waals surface area contributed by atoms with Gasteiger partial charge in [0.25, 0.3) is 11.8 Å². The summed E-state index contributed by atoms with van der Waals surface area (Å²) in [6.07, 6.45) is 0. The number of hydrogen-bond donors (Lipinski definition) is 2. The molecule has 2 rings (SSSR count). The molecule has 2 amide bonds. The van der Waals surface area contributed by atoms with Crippen LogP contribution in [0.4, 0.5) is 11.4 Å². The second kappa shape index (κ2) is 11.3. The van der Waals surface area contributed by atoms with E-state index in [-0.39, 0.29) is 11.3 Å². The van der Waals surface area contributed by atoms with E-state index in [0.29, 0.717) is 5.56 Å². The Balaban J connectivity index is 1.87. The molecule has 0 bridgehead atoms. The Labute approximate surface area is 184 Å². The number of ether oxygens (including phenoxy) is 2. The van der Waals surface area contributed by atoms with Crippen molar-refractivity contribution in [1.82, 2.24) is 10.9 Å². The summed E-state index contributed by atoms with van der Waals surface area (Å²) in [5.74, 6) is -2.28. The molecule has 0 fully saturated rings. The highest BCUT2D eigenvalue weighted by Gasteiger charge is 2.19. The Morgan fingerprint density at radius 1 is 1.00 bits per heavy atom. The van der Waals surface area contributed by atoms with E-state index in [1.165, 1.54) is 19.2 Å². The molecular formula is C21H24N4O7. The van der Waals surface area contributed by atoms with Crippen molar-refractivity contribution in [3.8, 4) is 5.75 Å². The summed E-state index contributed by atoms with van der Waals surface area (Å²) in [6.45, 7) is 5.03. The van der Waals surface area contributed by atoms with Gasteiger partial charge in [-0.2, -0.15) is 0 Å². The third-order valence-corrected chi connectivity index (χ3v) is 4.52. The van der Waals surface area contributed by atoms with Crippen molar-refractivity contribution >= 4 is 29.2 Å². The van der Waals surface area contributed by atoms with Crippen LogP contribution in [0.5, 0.6) is 5.75 Å². The number of rotatable bonds is 9. The van der Waals surface area contributed by atoms with Gasteiger partial charge in [0.2, 0.25) is 0 Å². The summed E-state index contributed by atoms with van der Waals surface area (Å²) in [6, 6.07) is 10.4. The number of hydrogen-bond acceptors (Lipinski definition) is 8. The van der Waals surface area contributed by atoms with Gasteiger partial charge in [-0.3, -0.25) is 30.6 Å². The number of methoxy groups -OCH3 is 1. The molecule has 0 spiro atoms. The highest BCUT2D eigenvalue weighted by molar-refractivity contribution is 5.96. The van der Waals surface area contributed by atoms with E-state index in [4.69, 9.17) is 9.47 Å². The lowest BCUT2D eigenvalue weighted by atomic mass is 10.2. The van der Waals surface area contributed by atoms with Crippen molar-refractivity contribution in [1.29, 1.82) is 0 Å². The lowest BCUT2D eigenvalue weighted by Gasteiger charge is -2.21. The number of amides is 2. The number of esters is 1. The highest BCUT2D eigenvalue weighted by Crippen LogP contribution is 2.27. The molecule has 11 heteroatoms. The lowest BCUT2D eigenvalue weighted by Crippen LogP contribution is -2.43. The van der Waals surface area contributed by atoms with Crippen LogP contribution < -0.4 is 20.5 Å². The predicted octanol–water partition coefficient (Wildman–Crippen LogP) is 2.07. The number of anilines is 1. The summed E-state index contributed by atoms with van der Waals surface area (Å²) >= 11 is 0. The van der Waals surface area contributed by atoms with Gasteiger partial charge < -0.3 is 14.4 Å². The number of carbonyl (C=O) groups excluding carboxylic acids is 3. The summed E-state index contributed by atoms with van der Waals surface area (Å²) in [7, 11) is 1.26. The summed E-state index contributed by atoms with van der Waals surface area (Å²) in [5, 5.41) is 11.0. The van der Waals surface area contributed by atoms with Crippen LogP contribution >= 0.6 is 0 Å². The van der Waals surface area contributed by atoms with Gasteiger partial charge in [0.15, 0.2) is 12.4 Å². The van der Waals surface area contributed by atoms with Crippen LogP contribution in [0, 0.1) is 10.1 Å². The van der Waals surface area contributed by atoms with Crippen LogP contribution in [-0.4, -0.2) is 49.5 Å². The number of nitro groups is 1. The van der Waals surface area contributed by atoms with Gasteiger partial charge in [-0.25, -0.2) is 4.79 Å². The van der Waals surface area contributed by atoms with E-state index in [1.807, 2.05) is 13.8 Å². The Morgan fingerprint density at radius 2 is 1.62 bits per heavy atom. The fraction of sp³-hybridized carbons (Fsp3) is 0.286. The zero-order valence-corrected chi connectivity index (χ0v) is 17.9. The third-order valence-electron chi connectivity index (χ3n) is 4.52.